The summed E-state index contributed by atoms with van der Waals surface area (Å²) in [6.07, 6.45) is 0. The summed E-state index contributed by atoms with van der Waals surface area (Å²) in [4.78, 5) is 15.3. The van der Waals surface area contributed by atoms with Crippen molar-refractivity contribution < 1.29 is 0 Å². The zero-order valence-corrected chi connectivity index (χ0v) is 30.6. The molecule has 10 aromatic rings. The molecule has 4 heteroatoms. The van der Waals surface area contributed by atoms with Gasteiger partial charge >= 0.3 is 0 Å². The Labute approximate surface area is 323 Å². The fourth-order valence-electron chi connectivity index (χ4n) is 7.32. The fourth-order valence-corrected chi connectivity index (χ4v) is 8.40. The van der Waals surface area contributed by atoms with E-state index in [-0.39, 0.29) is 0 Å². The summed E-state index contributed by atoms with van der Waals surface area (Å²) in [6.45, 7) is 0. The maximum absolute atomic E-state index is 5.11. The van der Waals surface area contributed by atoms with Gasteiger partial charge in [0.2, 0.25) is 0 Å². The molecule has 3 nitrogen and oxygen atoms in total. The van der Waals surface area contributed by atoms with Crippen molar-refractivity contribution in [1.82, 2.24) is 15.0 Å². The molecule has 0 spiro atoms. The molecular weight excluding hydrogens is 687 g/mol. The summed E-state index contributed by atoms with van der Waals surface area (Å²) >= 11 is 1.85. The Hall–Kier alpha value is -7.01. The molecule has 10 rings (SSSR count). The molecule has 0 saturated carbocycles. The van der Waals surface area contributed by atoms with Gasteiger partial charge in [-0.05, 0) is 62.7 Å². The molecule has 0 saturated heterocycles. The van der Waals surface area contributed by atoms with Crippen LogP contribution in [0.3, 0.4) is 0 Å². The molecule has 0 aliphatic heterocycles. The third-order valence-corrected chi connectivity index (χ3v) is 11.4. The van der Waals surface area contributed by atoms with Crippen molar-refractivity contribution in [3.8, 4) is 78.7 Å². The monoisotopic (exact) mass is 719 g/mol. The summed E-state index contributed by atoms with van der Waals surface area (Å²) in [7, 11) is 0. The topological polar surface area (TPSA) is 38.7 Å². The molecule has 55 heavy (non-hydrogen) atoms. The number of nitrogens with zero attached hydrogens (tertiary/aromatic N) is 3. The predicted octanol–water partition coefficient (Wildman–Crippen LogP) is 13.9. The first kappa shape index (κ1) is 32.6. The zero-order valence-electron chi connectivity index (χ0n) is 29.8. The summed E-state index contributed by atoms with van der Waals surface area (Å²) in [6, 6.07) is 70.5. The van der Waals surface area contributed by atoms with Crippen LogP contribution in [0.15, 0.2) is 200 Å². The normalized spacial score (nSPS) is 11.3. The highest BCUT2D eigenvalue weighted by Gasteiger charge is 2.16. The first-order valence-electron chi connectivity index (χ1n) is 18.4. The van der Waals surface area contributed by atoms with Crippen molar-refractivity contribution in [3.05, 3.63) is 200 Å². The number of rotatable bonds is 7. The third kappa shape index (κ3) is 6.39. The van der Waals surface area contributed by atoms with Crippen LogP contribution in [0.4, 0.5) is 0 Å². The largest absolute Gasteiger partial charge is 0.208 e. The Morgan fingerprint density at radius 1 is 0.255 bits per heavy atom. The number of fused-ring (bicyclic) bond motifs is 3. The van der Waals surface area contributed by atoms with Crippen LogP contribution in [-0.2, 0) is 0 Å². The number of thiophene rings is 1. The molecule has 0 radical (unpaired) electrons. The van der Waals surface area contributed by atoms with Crippen molar-refractivity contribution in [2.45, 2.75) is 0 Å². The second-order valence-electron chi connectivity index (χ2n) is 13.6. The molecule has 0 fully saturated rings. The van der Waals surface area contributed by atoms with Crippen LogP contribution in [-0.4, -0.2) is 15.0 Å². The third-order valence-electron chi connectivity index (χ3n) is 10.2. The average Bonchev–Trinajstić information content (AvgIpc) is 3.65. The van der Waals surface area contributed by atoms with Gasteiger partial charge in [0.25, 0.3) is 0 Å². The van der Waals surface area contributed by atoms with Gasteiger partial charge in [-0.15, -0.1) is 11.3 Å². The van der Waals surface area contributed by atoms with Crippen LogP contribution in [0, 0.1) is 0 Å². The summed E-state index contributed by atoms with van der Waals surface area (Å²) < 4.78 is 2.65. The predicted molar refractivity (Wildman–Crippen MR) is 231 cm³/mol. The Balaban J connectivity index is 0.997. The molecule has 2 aromatic heterocycles. The molecular formula is C51H33N3S. The highest BCUT2D eigenvalue weighted by atomic mass is 32.1. The minimum atomic E-state index is 0.633. The van der Waals surface area contributed by atoms with Gasteiger partial charge in [-0.3, -0.25) is 0 Å². The van der Waals surface area contributed by atoms with Crippen molar-refractivity contribution in [2.75, 3.05) is 0 Å². The van der Waals surface area contributed by atoms with E-state index in [4.69, 9.17) is 15.0 Å². The summed E-state index contributed by atoms with van der Waals surface area (Å²) in [5.41, 5.74) is 12.1. The second-order valence-corrected chi connectivity index (χ2v) is 14.7. The molecule has 0 bridgehead atoms. The summed E-state index contributed by atoms with van der Waals surface area (Å²) in [5, 5.41) is 2.63. The molecule has 0 atom stereocenters. The Morgan fingerprint density at radius 3 is 1.25 bits per heavy atom. The fraction of sp³-hybridized carbons (Fsp3) is 0. The zero-order chi connectivity index (χ0) is 36.6. The Bertz CT molecular complexity index is 2930. The van der Waals surface area contributed by atoms with Crippen molar-refractivity contribution in [2.24, 2.45) is 0 Å². The van der Waals surface area contributed by atoms with E-state index in [9.17, 15) is 0 Å². The Morgan fingerprint density at radius 2 is 0.655 bits per heavy atom. The van der Waals surface area contributed by atoms with Gasteiger partial charge in [0.05, 0.1) is 0 Å². The number of benzene rings is 8. The lowest BCUT2D eigenvalue weighted by molar-refractivity contribution is 1.07. The Kier molecular flexibility index (Phi) is 8.36. The van der Waals surface area contributed by atoms with Crippen LogP contribution >= 0.6 is 11.3 Å². The number of hydrogen-bond donors (Lipinski definition) is 0. The second kappa shape index (κ2) is 14.1. The van der Waals surface area contributed by atoms with Crippen LogP contribution in [0.1, 0.15) is 0 Å². The lowest BCUT2D eigenvalue weighted by atomic mass is 9.98. The molecule has 8 aromatic carbocycles. The smallest absolute Gasteiger partial charge is 0.164 e. The van der Waals surface area contributed by atoms with Gasteiger partial charge < -0.3 is 0 Å². The SMILES string of the molecule is c1ccc(-c2ccc(-c3nc(-c4ccc(-c5ccc(-c6ccc7sc8ccccc8c7c6)cc5)cc4)nc(-c4ccccc4-c4ccccc4)n3)cc2)cc1. The maximum Gasteiger partial charge on any atom is 0.164 e. The number of hydrogen-bond acceptors (Lipinski definition) is 4. The van der Waals surface area contributed by atoms with Gasteiger partial charge in [0.15, 0.2) is 17.5 Å². The number of aromatic nitrogens is 3. The van der Waals surface area contributed by atoms with E-state index < -0.39 is 0 Å². The van der Waals surface area contributed by atoms with E-state index in [1.807, 2.05) is 29.5 Å². The van der Waals surface area contributed by atoms with Crippen molar-refractivity contribution >= 4 is 31.5 Å². The van der Waals surface area contributed by atoms with Crippen molar-refractivity contribution in [3.63, 3.8) is 0 Å². The molecule has 0 unspecified atom stereocenters. The standard InChI is InChI=1S/C51H33N3S/c1-3-11-34(12-4-1)35-23-27-40(28-24-35)49-52-50(54-51(53-49)45-17-8-7-15-43(45)39-13-5-2-6-14-39)41-29-25-37(26-30-41)36-19-21-38(22-20-36)42-31-32-48-46(33-42)44-16-9-10-18-47(44)55-48/h1-33H. The van der Waals surface area contributed by atoms with E-state index in [0.717, 1.165) is 44.5 Å². The average molecular weight is 720 g/mol. The highest BCUT2D eigenvalue weighted by molar-refractivity contribution is 7.25. The molecule has 0 aliphatic carbocycles. The van der Waals surface area contributed by atoms with Gasteiger partial charge in [-0.1, -0.05) is 182 Å². The molecule has 0 aliphatic rings. The van der Waals surface area contributed by atoms with E-state index in [1.54, 1.807) is 0 Å². The quantitative estimate of drug-likeness (QED) is 0.165. The van der Waals surface area contributed by atoms with Gasteiger partial charge in [-0.25, -0.2) is 15.0 Å². The minimum Gasteiger partial charge on any atom is -0.208 e. The van der Waals surface area contributed by atoms with E-state index in [1.165, 1.54) is 36.9 Å². The van der Waals surface area contributed by atoms with Crippen LogP contribution in [0.25, 0.3) is 98.8 Å². The molecule has 258 valence electrons. The lowest BCUT2D eigenvalue weighted by Gasteiger charge is -2.12. The van der Waals surface area contributed by atoms with Crippen LogP contribution in [0.2, 0.25) is 0 Å². The van der Waals surface area contributed by atoms with Crippen LogP contribution < -0.4 is 0 Å². The van der Waals surface area contributed by atoms with Gasteiger partial charge in [-0.2, -0.15) is 0 Å². The molecule has 2 heterocycles. The molecule has 0 N–H and O–H groups in total. The first-order chi connectivity index (χ1) is 27.2. The van der Waals surface area contributed by atoms with Gasteiger partial charge in [0, 0.05) is 36.9 Å². The highest BCUT2D eigenvalue weighted by Crippen LogP contribution is 2.37. The van der Waals surface area contributed by atoms with Crippen LogP contribution in [0.5, 0.6) is 0 Å². The lowest BCUT2D eigenvalue weighted by Crippen LogP contribution is -2.01. The van der Waals surface area contributed by atoms with Crippen molar-refractivity contribution in [1.29, 1.82) is 0 Å². The molecule has 0 amide bonds. The maximum atomic E-state index is 5.11. The van der Waals surface area contributed by atoms with Gasteiger partial charge in [0.1, 0.15) is 0 Å². The summed E-state index contributed by atoms with van der Waals surface area (Å²) in [5.74, 6) is 1.91. The minimum absolute atomic E-state index is 0.633. The first-order valence-corrected chi connectivity index (χ1v) is 19.2. The van der Waals surface area contributed by atoms with E-state index in [0.29, 0.717) is 17.5 Å². The van der Waals surface area contributed by atoms with E-state index in [2.05, 4.69) is 182 Å². The van der Waals surface area contributed by atoms with E-state index >= 15 is 0 Å².